The van der Waals surface area contributed by atoms with Crippen LogP contribution in [0.3, 0.4) is 0 Å². The molecule has 0 aromatic heterocycles. The number of nitrogens with zero attached hydrogens (tertiary/aromatic N) is 1. The van der Waals surface area contributed by atoms with Gasteiger partial charge < -0.3 is 10.6 Å². The molecule has 0 spiro atoms. The number of nitrogens with two attached hydrogens (primary N) is 1. The van der Waals surface area contributed by atoms with Crippen LogP contribution >= 0.6 is 79.4 Å². The lowest BCUT2D eigenvalue weighted by molar-refractivity contribution is -0.108. The maximum Gasteiger partial charge on any atom is 0.250 e. The molecule has 1 aliphatic carbocycles. The molecule has 1 aliphatic rings. The molecule has 3 nitrogen and oxygen atoms in total. The summed E-state index contributed by atoms with van der Waals surface area (Å²) >= 11 is 12.1. The van der Waals surface area contributed by atoms with Crippen molar-refractivity contribution in [1.29, 1.82) is 0 Å². The van der Waals surface area contributed by atoms with Crippen LogP contribution in [0.2, 0.25) is 0 Å². The molecule has 0 bridgehead atoms. The van der Waals surface area contributed by atoms with Gasteiger partial charge in [-0.1, -0.05) is 22.6 Å². The molecule has 0 aliphatic heterocycles. The van der Waals surface area contributed by atoms with Crippen molar-refractivity contribution in [2.45, 2.75) is 3.92 Å². The van der Waals surface area contributed by atoms with E-state index in [9.17, 15) is 4.79 Å². The third-order valence-corrected chi connectivity index (χ3v) is 5.96. The number of halogens is 4. The summed E-state index contributed by atoms with van der Waals surface area (Å²) in [5.74, 6) is 0. The average molecular weight is 590 g/mol. The smallest absolute Gasteiger partial charge is 0.250 e. The molecule has 2 N–H and O–H groups in total. The van der Waals surface area contributed by atoms with Crippen molar-refractivity contribution in [2.24, 2.45) is 5.73 Å². The molecule has 1 atom stereocenters. The van der Waals surface area contributed by atoms with E-state index in [1.807, 2.05) is 25.2 Å². The maximum absolute atomic E-state index is 11.5. The van der Waals surface area contributed by atoms with Crippen LogP contribution in [0.1, 0.15) is 0 Å². The van der Waals surface area contributed by atoms with Gasteiger partial charge in [0.1, 0.15) is 0 Å². The van der Waals surface area contributed by atoms with E-state index in [2.05, 4.69) is 67.8 Å². The number of carbonyl (C=O) groups is 1. The normalized spacial score (nSPS) is 23.4. The van der Waals surface area contributed by atoms with E-state index in [0.717, 1.165) is 12.7 Å². The van der Waals surface area contributed by atoms with Gasteiger partial charge in [0.15, 0.2) is 0 Å². The molecule has 1 rings (SSSR count). The summed E-state index contributed by atoms with van der Waals surface area (Å²) in [7, 11) is 3.86. The number of hydrogen-bond acceptors (Lipinski definition) is 3. The summed E-state index contributed by atoms with van der Waals surface area (Å²) in [5, 5.41) is -0.440. The Hall–Kier alpha value is 0.970. The second-order valence-corrected chi connectivity index (χ2v) is 7.39. The van der Waals surface area contributed by atoms with Gasteiger partial charge in [0.05, 0.1) is 9.62 Å². The van der Waals surface area contributed by atoms with Crippen LogP contribution in [0.25, 0.3) is 0 Å². The van der Waals surface area contributed by atoms with E-state index in [1.165, 1.54) is 0 Å². The molecule has 94 valence electrons. The number of carbonyl (C=O) groups excluding carboxylic acids is 1. The van der Waals surface area contributed by atoms with Crippen molar-refractivity contribution in [3.8, 4) is 0 Å². The zero-order valence-corrected chi connectivity index (χ0v) is 16.3. The summed E-state index contributed by atoms with van der Waals surface area (Å²) < 4.78 is 1.66. The van der Waals surface area contributed by atoms with Gasteiger partial charge in [0, 0.05) is 38.6 Å². The van der Waals surface area contributed by atoms with Crippen LogP contribution in [0.15, 0.2) is 30.2 Å². The minimum atomic E-state index is -0.440. The van der Waals surface area contributed by atoms with Gasteiger partial charge in [0.2, 0.25) is 0 Å². The van der Waals surface area contributed by atoms with Gasteiger partial charge >= 0.3 is 0 Å². The Morgan fingerprint density at radius 2 is 1.94 bits per heavy atom. The van der Waals surface area contributed by atoms with Crippen molar-refractivity contribution in [3.05, 3.63) is 30.2 Å². The Bertz CT molecular complexity index is 454. The quantitative estimate of drug-likeness (QED) is 0.305. The predicted octanol–water partition coefficient (Wildman–Crippen LogP) is 3.31. The zero-order valence-electron chi connectivity index (χ0n) is 9.10. The van der Waals surface area contributed by atoms with Crippen LogP contribution in [0.4, 0.5) is 0 Å². The molecule has 0 heterocycles. The molecule has 0 saturated heterocycles. The second-order valence-electron chi connectivity index (χ2n) is 3.64. The number of hydrogen-bond donors (Lipinski definition) is 1. The lowest BCUT2D eigenvalue weighted by atomic mass is 9.99. The topological polar surface area (TPSA) is 46.3 Å². The molecule has 0 saturated carbocycles. The van der Waals surface area contributed by atoms with Crippen molar-refractivity contribution < 1.29 is 4.79 Å². The van der Waals surface area contributed by atoms with Gasteiger partial charge in [-0.15, -0.1) is 0 Å². The highest BCUT2D eigenvalue weighted by Gasteiger charge is 2.32. The van der Waals surface area contributed by atoms with Crippen molar-refractivity contribution in [3.63, 3.8) is 0 Å². The van der Waals surface area contributed by atoms with Gasteiger partial charge in [-0.2, -0.15) is 0 Å². The average Bonchev–Trinajstić information content (AvgIpc) is 2.21. The second kappa shape index (κ2) is 6.42. The van der Waals surface area contributed by atoms with E-state index < -0.39 is 5.24 Å². The molecule has 7 heteroatoms. The van der Waals surface area contributed by atoms with E-state index in [4.69, 9.17) is 17.3 Å². The highest BCUT2D eigenvalue weighted by Crippen LogP contribution is 2.43. The third kappa shape index (κ3) is 3.50. The largest absolute Gasteiger partial charge is 0.397 e. The van der Waals surface area contributed by atoms with Gasteiger partial charge in [-0.3, -0.25) is 4.79 Å². The zero-order chi connectivity index (χ0) is 13.3. The fourth-order valence-electron chi connectivity index (χ4n) is 1.36. The van der Waals surface area contributed by atoms with Gasteiger partial charge in [-0.05, 0) is 56.8 Å². The van der Waals surface area contributed by atoms with Crippen molar-refractivity contribution in [2.75, 3.05) is 14.1 Å². The molecule has 1 unspecified atom stereocenters. The van der Waals surface area contributed by atoms with Crippen LogP contribution in [-0.4, -0.2) is 28.2 Å². The Balaban J connectivity index is 3.42. The SMILES string of the molecule is CN(C)C=C1C(I)=C(N)C(I)=C(C(=O)Cl)C1I. The Morgan fingerprint density at radius 1 is 1.41 bits per heavy atom. The molecule has 17 heavy (non-hydrogen) atoms. The summed E-state index contributed by atoms with van der Waals surface area (Å²) in [6, 6.07) is 0. The number of alkyl halides is 1. The Labute approximate surface area is 146 Å². The lowest BCUT2D eigenvalue weighted by Crippen LogP contribution is -2.23. The number of rotatable bonds is 2. The molecule has 0 aromatic carbocycles. The summed E-state index contributed by atoms with van der Waals surface area (Å²) in [4.78, 5) is 13.4. The highest BCUT2D eigenvalue weighted by atomic mass is 127. The summed E-state index contributed by atoms with van der Waals surface area (Å²) in [6.07, 6.45) is 1.97. The number of allylic oxidation sites excluding steroid dienone is 4. The van der Waals surface area contributed by atoms with E-state index >= 15 is 0 Å². The Kier molecular flexibility index (Phi) is 6.05. The van der Waals surface area contributed by atoms with Crippen LogP contribution in [0, 0.1) is 0 Å². The third-order valence-electron chi connectivity index (χ3n) is 2.10. The van der Waals surface area contributed by atoms with Gasteiger partial charge in [-0.25, -0.2) is 0 Å². The Morgan fingerprint density at radius 3 is 2.35 bits per heavy atom. The van der Waals surface area contributed by atoms with Crippen molar-refractivity contribution >= 4 is 84.6 Å². The lowest BCUT2D eigenvalue weighted by Gasteiger charge is -2.25. The fourth-order valence-corrected chi connectivity index (χ4v) is 6.23. The highest BCUT2D eigenvalue weighted by molar-refractivity contribution is 14.1. The molecular formula is C10H10ClI3N2O. The monoisotopic (exact) mass is 590 g/mol. The van der Waals surface area contributed by atoms with Crippen LogP contribution in [0.5, 0.6) is 0 Å². The molecular weight excluding hydrogens is 580 g/mol. The first-order valence-electron chi connectivity index (χ1n) is 4.55. The maximum atomic E-state index is 11.5. The van der Waals surface area contributed by atoms with Crippen molar-refractivity contribution in [1.82, 2.24) is 4.90 Å². The molecule has 0 fully saturated rings. The molecule has 0 radical (unpaired) electrons. The minimum Gasteiger partial charge on any atom is -0.397 e. The standard InChI is InChI=1S/C10H10ClI3N2O/c1-16(2)3-4-6(12)5(10(11)17)8(14)9(15)7(4)13/h3,6H,15H2,1-2H3. The first kappa shape index (κ1) is 16.0. The first-order valence-corrected chi connectivity index (χ1v) is 8.33. The summed E-state index contributed by atoms with van der Waals surface area (Å²) in [6.45, 7) is 0. The van der Waals surface area contributed by atoms with Crippen LogP contribution < -0.4 is 5.73 Å². The van der Waals surface area contributed by atoms with E-state index in [0.29, 0.717) is 11.3 Å². The van der Waals surface area contributed by atoms with Gasteiger partial charge in [0.25, 0.3) is 5.24 Å². The molecule has 0 aromatic rings. The summed E-state index contributed by atoms with van der Waals surface area (Å²) in [5.41, 5.74) is 8.21. The van der Waals surface area contributed by atoms with E-state index in [1.54, 1.807) is 0 Å². The van der Waals surface area contributed by atoms with Crippen LogP contribution in [-0.2, 0) is 4.79 Å². The fraction of sp³-hybridized carbons (Fsp3) is 0.300. The first-order chi connectivity index (χ1) is 7.77. The predicted molar refractivity (Wildman–Crippen MR) is 96.7 cm³/mol. The van der Waals surface area contributed by atoms with E-state index in [-0.39, 0.29) is 3.92 Å². The minimum absolute atomic E-state index is 0.0638. The molecule has 0 amide bonds.